The first kappa shape index (κ1) is 15.6. The van der Waals surface area contributed by atoms with Crippen molar-refractivity contribution in [2.24, 2.45) is 0 Å². The molecule has 7 heavy (non-hydrogen) atoms. The fourth-order valence-electron chi connectivity index (χ4n) is 0. The van der Waals surface area contributed by atoms with Crippen molar-refractivity contribution in [2.45, 2.75) is 0 Å². The van der Waals surface area contributed by atoms with Gasteiger partial charge < -0.3 is 11.6 Å². The molecule has 0 aliphatic rings. The van der Waals surface area contributed by atoms with Crippen LogP contribution in [-0.4, -0.2) is 32.6 Å². The Morgan fingerprint density at radius 2 is 1.43 bits per heavy atom. The molecule has 0 aromatic carbocycles. The molecule has 0 atom stereocenters. The molecule has 6 heteroatoms. The molecule has 0 aliphatic heterocycles. The fraction of sp³-hybridized carbons (Fsp3) is 0. The summed E-state index contributed by atoms with van der Waals surface area (Å²) in [6.45, 7) is 0. The molecule has 0 fully saturated rings. The van der Waals surface area contributed by atoms with E-state index >= 15 is 0 Å². The fourth-order valence-corrected chi connectivity index (χ4v) is 0. The molecule has 0 aromatic rings. The zero-order valence-corrected chi connectivity index (χ0v) is 7.33. The Morgan fingerprint density at radius 3 is 1.43 bits per heavy atom. The van der Waals surface area contributed by atoms with Crippen LogP contribution >= 0.6 is 0 Å². The maximum absolute atomic E-state index is 8.56. The molecule has 0 rings (SSSR count). The summed E-state index contributed by atoms with van der Waals surface area (Å²) in [7, 11) is 0. The summed E-state index contributed by atoms with van der Waals surface area (Å²) >= 11 is 0.611. The minimum atomic E-state index is -1.83. The van der Waals surface area contributed by atoms with Crippen molar-refractivity contribution in [3.63, 3.8) is 0 Å². The Hall–Kier alpha value is 0.602. The van der Waals surface area contributed by atoms with E-state index in [4.69, 9.17) is 18.8 Å². The van der Waals surface area contributed by atoms with Crippen molar-refractivity contribution >= 4 is 22.4 Å². The Kier molecular flexibility index (Phi) is 35.7. The van der Waals surface area contributed by atoms with E-state index in [2.05, 4.69) is 0 Å². The topological polar surface area (TPSA) is 74.6 Å². The maximum atomic E-state index is 8.56. The Labute approximate surface area is 71.9 Å². The first-order chi connectivity index (χ1) is 2.73. The molecule has 0 spiro atoms. The van der Waals surface area contributed by atoms with Crippen LogP contribution in [0.1, 0.15) is 1.43 Å². The summed E-state index contributed by atoms with van der Waals surface area (Å²) in [6, 6.07) is 0. The van der Waals surface area contributed by atoms with Crippen LogP contribution in [0.3, 0.4) is 0 Å². The van der Waals surface area contributed by atoms with Crippen LogP contribution < -0.4 is 29.6 Å². The van der Waals surface area contributed by atoms with Crippen LogP contribution in [0.15, 0.2) is 0 Å². The molecule has 2 N–H and O–H groups in total. The molecule has 0 amide bonds. The number of carboxylic acid groups (broad SMARTS) is 2. The molecule has 0 saturated carbocycles. The normalized spacial score (nSPS) is 3.86. The van der Waals surface area contributed by atoms with Crippen molar-refractivity contribution in [3.05, 3.63) is 0 Å². The predicted molar refractivity (Wildman–Crippen MR) is 19.6 cm³/mol. The van der Waals surface area contributed by atoms with Gasteiger partial charge >= 0.3 is 55.7 Å². The van der Waals surface area contributed by atoms with Crippen molar-refractivity contribution in [2.75, 3.05) is 0 Å². The number of hydrogen-bond acceptors (Lipinski definition) is 2. The van der Waals surface area contributed by atoms with Crippen LogP contribution in [0.2, 0.25) is 0 Å². The standard InChI is InChI=1S/CH2O3.Al.Na.O.2H/c2-1(3)4;;;;;/h(H2,2,3,4);;;;;/q;;+1;;;-1. The van der Waals surface area contributed by atoms with Crippen LogP contribution in [0.4, 0.5) is 4.79 Å². The quantitative estimate of drug-likeness (QED) is 0.335. The molecular formula is CH4AlNaO4. The van der Waals surface area contributed by atoms with Crippen LogP contribution in [0.25, 0.3) is 0 Å². The van der Waals surface area contributed by atoms with Gasteiger partial charge in [-0.15, -0.1) is 0 Å². The summed E-state index contributed by atoms with van der Waals surface area (Å²) in [4.78, 5) is 8.56. The Balaban J connectivity index is -0.0000000183. The zero-order chi connectivity index (χ0) is 5.58. The molecular weight excluding hydrogens is 126 g/mol. The average molecular weight is 130 g/mol. The summed E-state index contributed by atoms with van der Waals surface area (Å²) in [5.74, 6) is 0. The van der Waals surface area contributed by atoms with E-state index in [9.17, 15) is 0 Å². The van der Waals surface area contributed by atoms with E-state index in [0.717, 1.165) is 0 Å². The van der Waals surface area contributed by atoms with Gasteiger partial charge in [0, 0.05) is 0 Å². The van der Waals surface area contributed by atoms with E-state index in [1.807, 2.05) is 0 Å². The van der Waals surface area contributed by atoms with Gasteiger partial charge in [-0.25, -0.2) is 4.79 Å². The van der Waals surface area contributed by atoms with Gasteiger partial charge in [-0.1, -0.05) is 0 Å². The van der Waals surface area contributed by atoms with Crippen molar-refractivity contribution in [1.29, 1.82) is 0 Å². The van der Waals surface area contributed by atoms with Gasteiger partial charge in [-0.2, -0.15) is 0 Å². The summed E-state index contributed by atoms with van der Waals surface area (Å²) in [5, 5.41) is 13.9. The summed E-state index contributed by atoms with van der Waals surface area (Å²) < 4.78 is 8.28. The van der Waals surface area contributed by atoms with E-state index in [0.29, 0.717) is 16.2 Å². The van der Waals surface area contributed by atoms with Gasteiger partial charge in [0.25, 0.3) is 0 Å². The molecule has 0 aliphatic carbocycles. The summed E-state index contributed by atoms with van der Waals surface area (Å²) in [5.41, 5.74) is 0. The minimum absolute atomic E-state index is 0. The van der Waals surface area contributed by atoms with Gasteiger partial charge in [-0.3, -0.25) is 0 Å². The van der Waals surface area contributed by atoms with Gasteiger partial charge in [0.1, 0.15) is 0 Å². The molecule has 0 saturated heterocycles. The van der Waals surface area contributed by atoms with Crippen molar-refractivity contribution < 1.29 is 49.8 Å². The molecule has 0 radical (unpaired) electrons. The number of hydrogen-bond donors (Lipinski definition) is 2. The second-order valence-electron chi connectivity index (χ2n) is 0.283. The second kappa shape index (κ2) is 16.0. The van der Waals surface area contributed by atoms with Gasteiger partial charge in [0.05, 0.1) is 0 Å². The van der Waals surface area contributed by atoms with E-state index in [1.54, 1.807) is 0 Å². The van der Waals surface area contributed by atoms with Gasteiger partial charge in [-0.05, 0) is 0 Å². The van der Waals surface area contributed by atoms with Crippen LogP contribution in [0, 0.1) is 0 Å². The second-order valence-corrected chi connectivity index (χ2v) is 0.283. The number of rotatable bonds is 0. The Morgan fingerprint density at radius 1 is 1.43 bits per heavy atom. The average Bonchev–Trinajstić information content (AvgIpc) is 1.41. The van der Waals surface area contributed by atoms with Gasteiger partial charge in [0.2, 0.25) is 0 Å². The molecule has 0 bridgehead atoms. The van der Waals surface area contributed by atoms with Crippen LogP contribution in [-0.2, 0) is 3.80 Å². The van der Waals surface area contributed by atoms with E-state index in [1.165, 1.54) is 0 Å². The van der Waals surface area contributed by atoms with Crippen LogP contribution in [0.5, 0.6) is 0 Å². The van der Waals surface area contributed by atoms with E-state index in [-0.39, 0.29) is 31.0 Å². The molecule has 36 valence electrons. The molecule has 4 nitrogen and oxygen atoms in total. The third-order valence-corrected chi connectivity index (χ3v) is 0. The summed E-state index contributed by atoms with van der Waals surface area (Å²) in [6.07, 6.45) is -1.83. The number of carbonyl (C=O) groups is 1. The molecule has 0 heterocycles. The predicted octanol–water partition coefficient (Wildman–Crippen LogP) is -3.43. The van der Waals surface area contributed by atoms with E-state index < -0.39 is 6.16 Å². The monoisotopic (exact) mass is 130 g/mol. The zero-order valence-electron chi connectivity index (χ0n) is 4.92. The Bertz CT molecular complexity index is 47.3. The van der Waals surface area contributed by atoms with Crippen molar-refractivity contribution in [3.8, 4) is 0 Å². The first-order valence-corrected chi connectivity index (χ1v) is 1.52. The third kappa shape index (κ3) is 385. The van der Waals surface area contributed by atoms with Crippen molar-refractivity contribution in [1.82, 2.24) is 0 Å². The molecule has 0 unspecified atom stereocenters. The first-order valence-electron chi connectivity index (χ1n) is 0.940. The molecule has 0 aromatic heterocycles. The third-order valence-electron chi connectivity index (χ3n) is 0. The van der Waals surface area contributed by atoms with Gasteiger partial charge in [0.15, 0.2) is 0 Å². The SMILES string of the molecule is O=C(O)O.[H-].[Na+].[O]=[AlH].